The first-order valence-corrected chi connectivity index (χ1v) is 6.68. The molecule has 2 aliphatic rings. The highest BCUT2D eigenvalue weighted by molar-refractivity contribution is 9.10. The van der Waals surface area contributed by atoms with Crippen molar-refractivity contribution in [3.8, 4) is 0 Å². The molecule has 1 aromatic rings. The molecule has 3 atom stereocenters. The number of halogens is 1. The highest BCUT2D eigenvalue weighted by atomic mass is 79.9. The number of anilines is 2. The van der Waals surface area contributed by atoms with E-state index in [4.69, 9.17) is 4.74 Å². The van der Waals surface area contributed by atoms with Gasteiger partial charge in [0.05, 0.1) is 22.7 Å². The van der Waals surface area contributed by atoms with E-state index < -0.39 is 0 Å². The number of nitrogens with one attached hydrogen (secondary N) is 2. The van der Waals surface area contributed by atoms with Crippen LogP contribution in [0.4, 0.5) is 11.8 Å². The van der Waals surface area contributed by atoms with Crippen LogP contribution in [0.2, 0.25) is 0 Å². The number of nitrogens with zero attached hydrogens (tertiary/aromatic N) is 2. The first kappa shape index (κ1) is 11.2. The summed E-state index contributed by atoms with van der Waals surface area (Å²) in [6, 6.07) is 0.379. The fourth-order valence-electron chi connectivity index (χ4n) is 2.55. The molecule has 5 nitrogen and oxygen atoms in total. The number of rotatable bonds is 3. The van der Waals surface area contributed by atoms with Gasteiger partial charge in [0, 0.05) is 13.2 Å². The van der Waals surface area contributed by atoms with Gasteiger partial charge in [-0.3, -0.25) is 0 Å². The molecular weight excluding hydrogens is 284 g/mol. The zero-order chi connectivity index (χ0) is 11.8. The predicted octanol–water partition coefficient (Wildman–Crippen LogP) is 2.01. The standard InChI is InChI=1S/C11H15BrN4O/c1-13-11-14-5-7(12)10(16-11)15-8-4-6-2-3-9(8)17-6/h5-6,8-9H,2-4H2,1H3,(H2,13,14,15,16). The van der Waals surface area contributed by atoms with E-state index >= 15 is 0 Å². The molecule has 3 heterocycles. The van der Waals surface area contributed by atoms with E-state index in [1.807, 2.05) is 7.05 Å². The van der Waals surface area contributed by atoms with Gasteiger partial charge in [-0.2, -0.15) is 4.98 Å². The number of aromatic nitrogens is 2. The van der Waals surface area contributed by atoms with Crippen LogP contribution in [0.15, 0.2) is 10.7 Å². The summed E-state index contributed by atoms with van der Waals surface area (Å²) in [5, 5.41) is 6.39. The minimum Gasteiger partial charge on any atom is -0.373 e. The first-order valence-electron chi connectivity index (χ1n) is 5.88. The summed E-state index contributed by atoms with van der Waals surface area (Å²) in [5.41, 5.74) is 0. The number of hydrogen-bond donors (Lipinski definition) is 2. The zero-order valence-corrected chi connectivity index (χ0v) is 11.2. The Labute approximate surface area is 108 Å². The first-order chi connectivity index (χ1) is 8.26. The molecule has 0 spiro atoms. The summed E-state index contributed by atoms with van der Waals surface area (Å²) in [7, 11) is 1.81. The molecule has 92 valence electrons. The molecule has 1 aromatic heterocycles. The molecule has 2 bridgehead atoms. The van der Waals surface area contributed by atoms with Crippen LogP contribution in [0.3, 0.4) is 0 Å². The lowest BCUT2D eigenvalue weighted by atomic mass is 9.95. The highest BCUT2D eigenvalue weighted by Crippen LogP contribution is 2.36. The molecule has 6 heteroatoms. The van der Waals surface area contributed by atoms with Gasteiger partial charge >= 0.3 is 0 Å². The van der Waals surface area contributed by atoms with Crippen molar-refractivity contribution in [2.24, 2.45) is 0 Å². The molecule has 0 amide bonds. The smallest absolute Gasteiger partial charge is 0.224 e. The van der Waals surface area contributed by atoms with Crippen LogP contribution in [-0.4, -0.2) is 35.3 Å². The number of fused-ring (bicyclic) bond motifs is 2. The summed E-state index contributed by atoms with van der Waals surface area (Å²) in [4.78, 5) is 8.54. The van der Waals surface area contributed by atoms with Gasteiger partial charge in [0.25, 0.3) is 0 Å². The van der Waals surface area contributed by atoms with Crippen LogP contribution < -0.4 is 10.6 Å². The minimum atomic E-state index is 0.347. The fraction of sp³-hybridized carbons (Fsp3) is 0.636. The van der Waals surface area contributed by atoms with E-state index in [-0.39, 0.29) is 0 Å². The highest BCUT2D eigenvalue weighted by Gasteiger charge is 2.41. The van der Waals surface area contributed by atoms with Crippen LogP contribution in [0.5, 0.6) is 0 Å². The molecule has 2 saturated heterocycles. The summed E-state index contributed by atoms with van der Waals surface area (Å²) >= 11 is 3.46. The molecule has 2 fully saturated rings. The van der Waals surface area contributed by atoms with Gasteiger partial charge in [-0.25, -0.2) is 4.98 Å². The second kappa shape index (κ2) is 4.42. The van der Waals surface area contributed by atoms with E-state index in [1.54, 1.807) is 6.20 Å². The Kier molecular flexibility index (Phi) is 2.92. The molecule has 0 aliphatic carbocycles. The molecule has 0 aromatic carbocycles. The molecule has 3 rings (SSSR count). The van der Waals surface area contributed by atoms with Gasteiger partial charge in [0.2, 0.25) is 5.95 Å². The Hall–Kier alpha value is -0.880. The lowest BCUT2D eigenvalue weighted by Crippen LogP contribution is -2.31. The maximum absolute atomic E-state index is 5.82. The largest absolute Gasteiger partial charge is 0.373 e. The van der Waals surface area contributed by atoms with Crippen LogP contribution in [-0.2, 0) is 4.74 Å². The van der Waals surface area contributed by atoms with E-state index in [2.05, 4.69) is 36.5 Å². The molecule has 2 aliphatic heterocycles. The van der Waals surface area contributed by atoms with Gasteiger partial charge < -0.3 is 15.4 Å². The Balaban J connectivity index is 1.76. The summed E-state index contributed by atoms with van der Waals surface area (Å²) in [5.74, 6) is 1.46. The number of hydrogen-bond acceptors (Lipinski definition) is 5. The van der Waals surface area contributed by atoms with E-state index in [9.17, 15) is 0 Å². The monoisotopic (exact) mass is 298 g/mol. The maximum Gasteiger partial charge on any atom is 0.224 e. The third kappa shape index (κ3) is 2.11. The van der Waals surface area contributed by atoms with Crippen molar-refractivity contribution in [1.82, 2.24) is 9.97 Å². The molecule has 0 saturated carbocycles. The van der Waals surface area contributed by atoms with E-state index in [0.717, 1.165) is 23.1 Å². The van der Waals surface area contributed by atoms with Gasteiger partial charge in [0.1, 0.15) is 5.82 Å². The molecular formula is C11H15BrN4O. The van der Waals surface area contributed by atoms with Crippen LogP contribution in [0.25, 0.3) is 0 Å². The Morgan fingerprint density at radius 1 is 1.47 bits per heavy atom. The third-order valence-electron chi connectivity index (χ3n) is 3.40. The van der Waals surface area contributed by atoms with Gasteiger partial charge in [-0.1, -0.05) is 0 Å². The van der Waals surface area contributed by atoms with Crippen molar-refractivity contribution in [3.63, 3.8) is 0 Å². The number of ether oxygens (including phenoxy) is 1. The Bertz CT molecular complexity index is 428. The fourth-order valence-corrected chi connectivity index (χ4v) is 2.86. The Morgan fingerprint density at radius 2 is 2.35 bits per heavy atom. The van der Waals surface area contributed by atoms with Crippen molar-refractivity contribution in [1.29, 1.82) is 0 Å². The maximum atomic E-state index is 5.82. The summed E-state index contributed by atoms with van der Waals surface area (Å²) in [6.45, 7) is 0. The molecule has 3 unspecified atom stereocenters. The van der Waals surface area contributed by atoms with Gasteiger partial charge in [-0.15, -0.1) is 0 Å². The lowest BCUT2D eigenvalue weighted by molar-refractivity contribution is 0.102. The van der Waals surface area contributed by atoms with Crippen molar-refractivity contribution in [3.05, 3.63) is 10.7 Å². The predicted molar refractivity (Wildman–Crippen MR) is 69.2 cm³/mol. The molecule has 17 heavy (non-hydrogen) atoms. The average molecular weight is 299 g/mol. The minimum absolute atomic E-state index is 0.347. The van der Waals surface area contributed by atoms with Gasteiger partial charge in [0.15, 0.2) is 0 Å². The average Bonchev–Trinajstić information content (AvgIpc) is 2.94. The van der Waals surface area contributed by atoms with Gasteiger partial charge in [-0.05, 0) is 35.2 Å². The third-order valence-corrected chi connectivity index (χ3v) is 3.98. The van der Waals surface area contributed by atoms with Crippen molar-refractivity contribution < 1.29 is 4.74 Å². The summed E-state index contributed by atoms with van der Waals surface area (Å²) < 4.78 is 6.70. The topological polar surface area (TPSA) is 59.1 Å². The van der Waals surface area contributed by atoms with Crippen LogP contribution >= 0.6 is 15.9 Å². The summed E-state index contributed by atoms with van der Waals surface area (Å²) in [6.07, 6.45) is 5.99. The normalized spacial score (nSPS) is 30.6. The van der Waals surface area contributed by atoms with Crippen LogP contribution in [0.1, 0.15) is 19.3 Å². The van der Waals surface area contributed by atoms with Crippen molar-refractivity contribution in [2.75, 3.05) is 17.7 Å². The van der Waals surface area contributed by atoms with Crippen molar-refractivity contribution in [2.45, 2.75) is 37.5 Å². The SMILES string of the molecule is CNc1ncc(Br)c(NC2CC3CCC2O3)n1. The quantitative estimate of drug-likeness (QED) is 0.894. The second-order valence-electron chi connectivity index (χ2n) is 4.50. The zero-order valence-electron chi connectivity index (χ0n) is 9.61. The van der Waals surface area contributed by atoms with E-state index in [0.29, 0.717) is 24.2 Å². The second-order valence-corrected chi connectivity index (χ2v) is 5.35. The molecule has 2 N–H and O–H groups in total. The van der Waals surface area contributed by atoms with Crippen molar-refractivity contribution >= 4 is 27.7 Å². The van der Waals surface area contributed by atoms with Crippen LogP contribution in [0, 0.1) is 0 Å². The van der Waals surface area contributed by atoms with E-state index in [1.165, 1.54) is 6.42 Å². The Morgan fingerprint density at radius 3 is 3.00 bits per heavy atom. The lowest BCUT2D eigenvalue weighted by Gasteiger charge is -2.21. The molecule has 0 radical (unpaired) electrons.